The first-order chi connectivity index (χ1) is 7.43. The monoisotopic (exact) mass is 258 g/mol. The van der Waals surface area contributed by atoms with Crippen LogP contribution >= 0.6 is 11.3 Å². The first-order valence-electron chi connectivity index (χ1n) is 4.59. The van der Waals surface area contributed by atoms with Gasteiger partial charge < -0.3 is 0 Å². The average Bonchev–Trinajstić information content (AvgIpc) is 2.50. The van der Waals surface area contributed by atoms with Crippen LogP contribution in [0.1, 0.15) is 6.92 Å². The van der Waals surface area contributed by atoms with Crippen molar-refractivity contribution >= 4 is 31.6 Å². The minimum atomic E-state index is -3.71. The third-order valence-corrected chi connectivity index (χ3v) is 4.14. The quantitative estimate of drug-likeness (QED) is 0.862. The van der Waals surface area contributed by atoms with Crippen molar-refractivity contribution in [3.8, 4) is 0 Å². The van der Waals surface area contributed by atoms with Gasteiger partial charge in [0.1, 0.15) is 0 Å². The van der Waals surface area contributed by atoms with E-state index >= 15 is 0 Å². The lowest BCUT2D eigenvalue weighted by Crippen LogP contribution is -2.12. The molecule has 16 heavy (non-hydrogen) atoms. The van der Waals surface area contributed by atoms with Crippen molar-refractivity contribution in [2.45, 2.75) is 18.4 Å². The average molecular weight is 258 g/mol. The van der Waals surface area contributed by atoms with Gasteiger partial charge in [0.25, 0.3) is 0 Å². The summed E-state index contributed by atoms with van der Waals surface area (Å²) in [6, 6.07) is 4.45. The zero-order chi connectivity index (χ0) is 11.9. The second-order valence-electron chi connectivity index (χ2n) is 3.29. The van der Waals surface area contributed by atoms with Crippen molar-refractivity contribution in [2.75, 3.05) is 0 Å². The minimum Gasteiger partial charge on any atom is -0.299 e. The molecular weight excluding hydrogens is 248 g/mol. The lowest BCUT2D eigenvalue weighted by Gasteiger charge is -2.00. The van der Waals surface area contributed by atoms with Crippen LogP contribution in [0.3, 0.4) is 0 Å². The Morgan fingerprint density at radius 1 is 1.44 bits per heavy atom. The molecule has 0 bridgehead atoms. The zero-order valence-electron chi connectivity index (χ0n) is 8.50. The Labute approximate surface area is 96.2 Å². The molecule has 5 nitrogen and oxygen atoms in total. The summed E-state index contributed by atoms with van der Waals surface area (Å²) in [4.78, 5) is 11.5. The van der Waals surface area contributed by atoms with Crippen molar-refractivity contribution in [3.05, 3.63) is 27.9 Å². The number of aryl methyl sites for hydroxylation is 1. The lowest BCUT2D eigenvalue weighted by atomic mass is 10.3. The molecule has 2 rings (SSSR count). The molecule has 2 aromatic rings. The molecule has 0 unspecified atom stereocenters. The second-order valence-corrected chi connectivity index (χ2v) is 5.84. The van der Waals surface area contributed by atoms with Crippen LogP contribution in [0, 0.1) is 0 Å². The highest BCUT2D eigenvalue weighted by Gasteiger charge is 2.11. The van der Waals surface area contributed by atoms with Gasteiger partial charge in [0.05, 0.1) is 15.1 Å². The summed E-state index contributed by atoms with van der Waals surface area (Å²) in [5.74, 6) is 0. The first-order valence-corrected chi connectivity index (χ1v) is 6.96. The smallest absolute Gasteiger partial charge is 0.299 e. The number of nitrogens with two attached hydrogens (primary N) is 1. The SMILES string of the molecule is CCn1c(=O)sc2cc(S(N)(=O)=O)ccc21. The number of sulfonamides is 1. The molecule has 0 spiro atoms. The molecule has 2 N–H and O–H groups in total. The van der Waals surface area contributed by atoms with Gasteiger partial charge in [0.2, 0.25) is 10.0 Å². The maximum Gasteiger partial charge on any atom is 0.308 e. The van der Waals surface area contributed by atoms with Crippen LogP contribution < -0.4 is 10.0 Å². The molecule has 0 amide bonds. The maximum atomic E-state index is 11.5. The van der Waals surface area contributed by atoms with E-state index in [1.807, 2.05) is 6.92 Å². The van der Waals surface area contributed by atoms with Gasteiger partial charge in [-0.3, -0.25) is 9.36 Å². The Balaban J connectivity index is 2.80. The maximum absolute atomic E-state index is 11.5. The molecule has 0 fully saturated rings. The molecule has 0 aliphatic carbocycles. The Kier molecular flexibility index (Phi) is 2.61. The van der Waals surface area contributed by atoms with E-state index in [0.717, 1.165) is 16.9 Å². The van der Waals surface area contributed by atoms with Crippen molar-refractivity contribution in [1.82, 2.24) is 4.57 Å². The number of hydrogen-bond donors (Lipinski definition) is 1. The molecule has 0 atom stereocenters. The molecule has 0 saturated carbocycles. The lowest BCUT2D eigenvalue weighted by molar-refractivity contribution is 0.598. The van der Waals surface area contributed by atoms with Gasteiger partial charge in [0.15, 0.2) is 0 Å². The topological polar surface area (TPSA) is 82.2 Å². The summed E-state index contributed by atoms with van der Waals surface area (Å²) < 4.78 is 24.5. The van der Waals surface area contributed by atoms with Gasteiger partial charge in [0, 0.05) is 6.54 Å². The van der Waals surface area contributed by atoms with E-state index < -0.39 is 10.0 Å². The standard InChI is InChI=1S/C9H10N2O3S2/c1-2-11-7-4-3-6(16(10,13)14)5-8(7)15-9(11)12/h3-5H,2H2,1H3,(H2,10,13,14). The Hall–Kier alpha value is -1.18. The Morgan fingerprint density at radius 3 is 2.69 bits per heavy atom. The molecular formula is C9H10N2O3S2. The Morgan fingerprint density at radius 2 is 2.12 bits per heavy atom. The highest BCUT2D eigenvalue weighted by atomic mass is 32.2. The molecule has 1 heterocycles. The number of thiazole rings is 1. The largest absolute Gasteiger partial charge is 0.308 e. The fourth-order valence-corrected chi connectivity index (χ4v) is 3.13. The fraction of sp³-hybridized carbons (Fsp3) is 0.222. The number of primary sulfonamides is 1. The van der Waals surface area contributed by atoms with Crippen LogP contribution in [-0.4, -0.2) is 13.0 Å². The minimum absolute atomic E-state index is 0.0319. The summed E-state index contributed by atoms with van der Waals surface area (Å²) in [7, 11) is -3.71. The highest BCUT2D eigenvalue weighted by Crippen LogP contribution is 2.20. The second kappa shape index (κ2) is 3.69. The highest BCUT2D eigenvalue weighted by molar-refractivity contribution is 7.89. The molecule has 1 aromatic carbocycles. The molecule has 7 heteroatoms. The predicted octanol–water partition coefficient (Wildman–Crippen LogP) is 0.730. The van der Waals surface area contributed by atoms with Crippen molar-refractivity contribution in [2.24, 2.45) is 5.14 Å². The fourth-order valence-electron chi connectivity index (χ4n) is 1.52. The molecule has 0 saturated heterocycles. The Bertz CT molecular complexity index is 697. The molecule has 1 aromatic heterocycles. The van der Waals surface area contributed by atoms with E-state index in [4.69, 9.17) is 5.14 Å². The summed E-state index contributed by atoms with van der Waals surface area (Å²) in [5, 5.41) is 5.02. The van der Waals surface area contributed by atoms with E-state index in [-0.39, 0.29) is 9.77 Å². The van der Waals surface area contributed by atoms with Gasteiger partial charge in [-0.05, 0) is 25.1 Å². The number of rotatable bonds is 2. The van der Waals surface area contributed by atoms with Gasteiger partial charge in [-0.25, -0.2) is 13.6 Å². The van der Waals surface area contributed by atoms with Crippen LogP contribution in [0.2, 0.25) is 0 Å². The number of fused-ring (bicyclic) bond motifs is 1. The third-order valence-electron chi connectivity index (χ3n) is 2.28. The molecule has 86 valence electrons. The van der Waals surface area contributed by atoms with Crippen molar-refractivity contribution in [3.63, 3.8) is 0 Å². The molecule has 0 aliphatic rings. The van der Waals surface area contributed by atoms with Crippen molar-refractivity contribution < 1.29 is 8.42 Å². The van der Waals surface area contributed by atoms with E-state index in [0.29, 0.717) is 11.2 Å². The van der Waals surface area contributed by atoms with Crippen LogP contribution in [0.25, 0.3) is 10.2 Å². The molecule has 0 radical (unpaired) electrons. The first kappa shape index (κ1) is 11.3. The number of benzene rings is 1. The number of hydrogen-bond acceptors (Lipinski definition) is 4. The predicted molar refractivity (Wildman–Crippen MR) is 63.1 cm³/mol. The van der Waals surface area contributed by atoms with Gasteiger partial charge in [-0.1, -0.05) is 11.3 Å². The summed E-state index contributed by atoms with van der Waals surface area (Å²) >= 11 is 1.02. The van der Waals surface area contributed by atoms with Crippen LogP contribution in [0.15, 0.2) is 27.9 Å². The van der Waals surface area contributed by atoms with Gasteiger partial charge >= 0.3 is 4.87 Å². The number of aromatic nitrogens is 1. The van der Waals surface area contributed by atoms with E-state index in [2.05, 4.69) is 0 Å². The van der Waals surface area contributed by atoms with E-state index in [1.165, 1.54) is 12.1 Å². The van der Waals surface area contributed by atoms with Crippen LogP contribution in [0.4, 0.5) is 0 Å². The summed E-state index contributed by atoms with van der Waals surface area (Å²) in [6.07, 6.45) is 0. The van der Waals surface area contributed by atoms with E-state index in [9.17, 15) is 13.2 Å². The van der Waals surface area contributed by atoms with Gasteiger partial charge in [-0.2, -0.15) is 0 Å². The third kappa shape index (κ3) is 1.77. The number of nitrogens with zero attached hydrogens (tertiary/aromatic N) is 1. The summed E-state index contributed by atoms with van der Waals surface area (Å²) in [6.45, 7) is 2.43. The van der Waals surface area contributed by atoms with E-state index in [1.54, 1.807) is 10.6 Å². The normalized spacial score (nSPS) is 12.1. The van der Waals surface area contributed by atoms with Crippen LogP contribution in [0.5, 0.6) is 0 Å². The van der Waals surface area contributed by atoms with Crippen LogP contribution in [-0.2, 0) is 16.6 Å². The summed E-state index contributed by atoms with van der Waals surface area (Å²) in [5.41, 5.74) is 0.741. The van der Waals surface area contributed by atoms with Crippen molar-refractivity contribution in [1.29, 1.82) is 0 Å². The molecule has 0 aliphatic heterocycles. The zero-order valence-corrected chi connectivity index (χ0v) is 10.1. The van der Waals surface area contributed by atoms with Gasteiger partial charge in [-0.15, -0.1) is 0 Å².